The molecule has 60 valence electrons. The Morgan fingerprint density at radius 2 is 2.10 bits per heavy atom. The van der Waals surface area contributed by atoms with E-state index in [2.05, 4.69) is 6.92 Å². The van der Waals surface area contributed by atoms with E-state index in [1.165, 1.54) is 25.7 Å². The van der Waals surface area contributed by atoms with Crippen LogP contribution in [0.25, 0.3) is 0 Å². The number of carbonyl (C=O) groups is 1. The summed E-state index contributed by atoms with van der Waals surface area (Å²) >= 11 is 1.74. The molecular weight excluding hydrogens is 144 g/mol. The van der Waals surface area contributed by atoms with Gasteiger partial charge in [-0.3, -0.25) is 0 Å². The molecule has 0 aliphatic carbocycles. The van der Waals surface area contributed by atoms with E-state index in [0.717, 1.165) is 12.0 Å². The Morgan fingerprint density at radius 1 is 1.30 bits per heavy atom. The number of hydrogen-bond acceptors (Lipinski definition) is 2. The fraction of sp³-hybridized carbons (Fsp3) is 0.875. The third-order valence-electron chi connectivity index (χ3n) is 1.33. The summed E-state index contributed by atoms with van der Waals surface area (Å²) in [5.41, 5.74) is 0. The van der Waals surface area contributed by atoms with Gasteiger partial charge in [0, 0.05) is 5.75 Å². The first-order chi connectivity index (χ1) is 4.91. The van der Waals surface area contributed by atoms with E-state index < -0.39 is 0 Å². The van der Waals surface area contributed by atoms with E-state index in [9.17, 15) is 4.79 Å². The number of aldehydes is 1. The van der Waals surface area contributed by atoms with Crippen LogP contribution in [0.2, 0.25) is 0 Å². The monoisotopic (exact) mass is 160 g/mol. The van der Waals surface area contributed by atoms with Gasteiger partial charge in [0.2, 0.25) is 0 Å². The van der Waals surface area contributed by atoms with Gasteiger partial charge in [-0.2, -0.15) is 11.8 Å². The normalized spacial score (nSPS) is 9.70. The van der Waals surface area contributed by atoms with Gasteiger partial charge in [-0.1, -0.05) is 26.2 Å². The molecule has 0 radical (unpaired) electrons. The fourth-order valence-corrected chi connectivity index (χ4v) is 1.43. The predicted octanol–water partition coefficient (Wildman–Crippen LogP) is 2.50. The van der Waals surface area contributed by atoms with Gasteiger partial charge < -0.3 is 4.79 Å². The van der Waals surface area contributed by atoms with Crippen LogP contribution in [0.5, 0.6) is 0 Å². The van der Waals surface area contributed by atoms with Gasteiger partial charge in [-0.05, 0) is 12.2 Å². The second-order valence-electron chi connectivity index (χ2n) is 2.30. The third-order valence-corrected chi connectivity index (χ3v) is 2.28. The number of rotatable bonds is 7. The Morgan fingerprint density at radius 3 is 2.70 bits per heavy atom. The molecule has 0 aromatic rings. The molecule has 0 heterocycles. The van der Waals surface area contributed by atoms with Gasteiger partial charge in [0.05, 0.1) is 0 Å². The summed E-state index contributed by atoms with van der Waals surface area (Å²) in [5.74, 6) is 1.82. The lowest BCUT2D eigenvalue weighted by Gasteiger charge is -1.95. The summed E-state index contributed by atoms with van der Waals surface area (Å²) in [6.45, 7) is 2.21. The molecule has 0 atom stereocenters. The number of hydrogen-bond donors (Lipinski definition) is 0. The summed E-state index contributed by atoms with van der Waals surface area (Å²) in [6.07, 6.45) is 6.19. The molecule has 0 aromatic heterocycles. The molecular formula is C8H16OS. The summed E-state index contributed by atoms with van der Waals surface area (Å²) in [5, 5.41) is 0. The topological polar surface area (TPSA) is 17.1 Å². The smallest absolute Gasteiger partial charge is 0.129 e. The molecule has 2 heteroatoms. The quantitative estimate of drug-likeness (QED) is 0.420. The van der Waals surface area contributed by atoms with Gasteiger partial charge in [0.25, 0.3) is 0 Å². The van der Waals surface area contributed by atoms with Crippen LogP contribution in [0.1, 0.15) is 32.6 Å². The fourth-order valence-electron chi connectivity index (χ4n) is 0.762. The molecule has 0 saturated heterocycles. The Kier molecular flexibility index (Phi) is 9.04. The highest BCUT2D eigenvalue weighted by atomic mass is 32.2. The van der Waals surface area contributed by atoms with E-state index >= 15 is 0 Å². The predicted molar refractivity (Wildman–Crippen MR) is 47.5 cm³/mol. The SMILES string of the molecule is CCCCCCSCC=O. The van der Waals surface area contributed by atoms with Crippen LogP contribution in [0.4, 0.5) is 0 Å². The van der Waals surface area contributed by atoms with Crippen LogP contribution in [0, 0.1) is 0 Å². The summed E-state index contributed by atoms with van der Waals surface area (Å²) in [4.78, 5) is 9.87. The zero-order chi connectivity index (χ0) is 7.66. The van der Waals surface area contributed by atoms with Crippen molar-refractivity contribution in [2.24, 2.45) is 0 Å². The maximum atomic E-state index is 9.87. The van der Waals surface area contributed by atoms with E-state index in [1.54, 1.807) is 11.8 Å². The van der Waals surface area contributed by atoms with Crippen LogP contribution in [0.15, 0.2) is 0 Å². The Labute approximate surface area is 67.6 Å². The molecule has 10 heavy (non-hydrogen) atoms. The minimum absolute atomic E-state index is 0.673. The van der Waals surface area contributed by atoms with Crippen LogP contribution >= 0.6 is 11.8 Å². The van der Waals surface area contributed by atoms with Crippen molar-refractivity contribution in [2.45, 2.75) is 32.6 Å². The second-order valence-corrected chi connectivity index (χ2v) is 3.45. The van der Waals surface area contributed by atoms with Crippen molar-refractivity contribution in [3.8, 4) is 0 Å². The second kappa shape index (κ2) is 9.02. The average molecular weight is 160 g/mol. The standard InChI is InChI=1S/C8H16OS/c1-2-3-4-5-7-10-8-6-9/h6H,2-5,7-8H2,1H3. The van der Waals surface area contributed by atoms with Crippen LogP contribution in [-0.2, 0) is 4.79 Å². The number of thioether (sulfide) groups is 1. The third kappa shape index (κ3) is 8.02. The first-order valence-corrected chi connectivity index (χ1v) is 5.08. The van der Waals surface area contributed by atoms with Crippen molar-refractivity contribution in [3.63, 3.8) is 0 Å². The van der Waals surface area contributed by atoms with E-state index in [0.29, 0.717) is 5.75 Å². The molecule has 0 aliphatic rings. The van der Waals surface area contributed by atoms with Crippen molar-refractivity contribution >= 4 is 18.0 Å². The maximum absolute atomic E-state index is 9.87. The van der Waals surface area contributed by atoms with Gasteiger partial charge in [-0.15, -0.1) is 0 Å². The summed E-state index contributed by atoms with van der Waals surface area (Å²) in [7, 11) is 0. The molecule has 0 fully saturated rings. The van der Waals surface area contributed by atoms with Gasteiger partial charge >= 0.3 is 0 Å². The van der Waals surface area contributed by atoms with Gasteiger partial charge in [-0.25, -0.2) is 0 Å². The van der Waals surface area contributed by atoms with Crippen molar-refractivity contribution in [1.82, 2.24) is 0 Å². The Bertz CT molecular complexity index is 73.7. The molecule has 0 spiro atoms. The minimum Gasteiger partial charge on any atom is -0.302 e. The van der Waals surface area contributed by atoms with Gasteiger partial charge in [0.1, 0.15) is 6.29 Å². The lowest BCUT2D eigenvalue weighted by atomic mass is 10.2. The number of carbonyl (C=O) groups excluding carboxylic acids is 1. The Hall–Kier alpha value is 0.0200. The zero-order valence-corrected chi connectivity index (χ0v) is 7.45. The molecule has 0 rings (SSSR count). The molecule has 0 N–H and O–H groups in total. The van der Waals surface area contributed by atoms with Gasteiger partial charge in [0.15, 0.2) is 0 Å². The summed E-state index contributed by atoms with van der Waals surface area (Å²) < 4.78 is 0. The maximum Gasteiger partial charge on any atom is 0.129 e. The largest absolute Gasteiger partial charge is 0.302 e. The molecule has 0 bridgehead atoms. The van der Waals surface area contributed by atoms with E-state index in [1.807, 2.05) is 0 Å². The average Bonchev–Trinajstić information content (AvgIpc) is 1.97. The lowest BCUT2D eigenvalue weighted by molar-refractivity contribution is -0.105. The van der Waals surface area contributed by atoms with Crippen LogP contribution < -0.4 is 0 Å². The van der Waals surface area contributed by atoms with E-state index in [-0.39, 0.29) is 0 Å². The van der Waals surface area contributed by atoms with Crippen molar-refractivity contribution in [1.29, 1.82) is 0 Å². The first-order valence-electron chi connectivity index (χ1n) is 3.93. The number of unbranched alkanes of at least 4 members (excludes halogenated alkanes) is 3. The lowest BCUT2D eigenvalue weighted by Crippen LogP contribution is -1.84. The molecule has 0 aliphatic heterocycles. The summed E-state index contributed by atoms with van der Waals surface area (Å²) in [6, 6.07) is 0. The van der Waals surface area contributed by atoms with Crippen molar-refractivity contribution < 1.29 is 4.79 Å². The Balaban J connectivity index is 2.70. The zero-order valence-electron chi connectivity index (χ0n) is 6.64. The molecule has 0 aromatic carbocycles. The van der Waals surface area contributed by atoms with Crippen LogP contribution in [-0.4, -0.2) is 17.8 Å². The van der Waals surface area contributed by atoms with Crippen molar-refractivity contribution in [3.05, 3.63) is 0 Å². The van der Waals surface area contributed by atoms with Crippen LogP contribution in [0.3, 0.4) is 0 Å². The highest BCUT2D eigenvalue weighted by molar-refractivity contribution is 7.99. The molecule has 0 saturated carbocycles. The minimum atomic E-state index is 0.673. The highest BCUT2D eigenvalue weighted by Gasteiger charge is 1.87. The highest BCUT2D eigenvalue weighted by Crippen LogP contribution is 2.05. The molecule has 0 amide bonds. The molecule has 0 unspecified atom stereocenters. The first kappa shape index (κ1) is 10.0. The van der Waals surface area contributed by atoms with Crippen molar-refractivity contribution in [2.75, 3.05) is 11.5 Å². The van der Waals surface area contributed by atoms with E-state index in [4.69, 9.17) is 0 Å². The molecule has 1 nitrogen and oxygen atoms in total.